The van der Waals surface area contributed by atoms with Crippen LogP contribution in [0.15, 0.2) is 27.2 Å². The van der Waals surface area contributed by atoms with Gasteiger partial charge in [0.15, 0.2) is 0 Å². The quantitative estimate of drug-likeness (QED) is 0.848. The highest BCUT2D eigenvalue weighted by molar-refractivity contribution is 8.15. The van der Waals surface area contributed by atoms with E-state index in [4.69, 9.17) is 10.7 Å². The Morgan fingerprint density at radius 3 is 2.79 bits per heavy atom. The van der Waals surface area contributed by atoms with Crippen molar-refractivity contribution in [2.24, 2.45) is 0 Å². The highest BCUT2D eigenvalue weighted by Gasteiger charge is 2.13. The molecule has 2 aromatic heterocycles. The number of thiophene rings is 1. The molecule has 0 saturated heterocycles. The van der Waals surface area contributed by atoms with E-state index in [-0.39, 0.29) is 10.1 Å². The lowest BCUT2D eigenvalue weighted by Gasteiger charge is -2.01. The van der Waals surface area contributed by atoms with E-state index in [0.29, 0.717) is 18.7 Å². The molecule has 2 heterocycles. The first-order valence-corrected chi connectivity index (χ1v) is 9.23. The van der Waals surface area contributed by atoms with Crippen LogP contribution in [0.2, 0.25) is 0 Å². The molecular formula is C10H9ClN2O3S3. The van der Waals surface area contributed by atoms with Gasteiger partial charge in [0, 0.05) is 27.5 Å². The second kappa shape index (κ2) is 6.00. The number of hydrogen-bond acceptors (Lipinski definition) is 6. The van der Waals surface area contributed by atoms with E-state index in [9.17, 15) is 13.2 Å². The number of carbonyl (C=O) groups excluding carboxylic acids is 1. The number of aromatic nitrogens is 1. The van der Waals surface area contributed by atoms with Crippen LogP contribution in [0, 0.1) is 0 Å². The number of hydrogen-bond donors (Lipinski definition) is 1. The van der Waals surface area contributed by atoms with Crippen LogP contribution in [0.4, 0.5) is 0 Å². The SMILES string of the molecule is O=C(NCCc1ccc(S(=O)(=O)Cl)s1)c1cscn1. The average molecular weight is 337 g/mol. The lowest BCUT2D eigenvalue weighted by molar-refractivity contribution is 0.0950. The Hall–Kier alpha value is -0.960. The van der Waals surface area contributed by atoms with Crippen LogP contribution >= 0.6 is 33.4 Å². The Labute approximate surface area is 122 Å². The Balaban J connectivity index is 1.86. The standard InChI is InChI=1S/C10H9ClN2O3S3/c11-19(15,16)9-2-1-7(18-9)3-4-12-10(14)8-5-17-6-13-8/h1-2,5-6H,3-4H2,(H,12,14). The Morgan fingerprint density at radius 1 is 1.42 bits per heavy atom. The first kappa shape index (κ1) is 14.4. The second-order valence-electron chi connectivity index (χ2n) is 3.54. The van der Waals surface area contributed by atoms with Crippen molar-refractivity contribution in [2.45, 2.75) is 10.6 Å². The molecule has 1 N–H and O–H groups in total. The van der Waals surface area contributed by atoms with Crippen molar-refractivity contribution >= 4 is 48.3 Å². The Kier molecular flexibility index (Phi) is 4.56. The van der Waals surface area contributed by atoms with E-state index in [0.717, 1.165) is 16.2 Å². The lowest BCUT2D eigenvalue weighted by atomic mass is 10.3. The number of amides is 1. The van der Waals surface area contributed by atoms with Gasteiger partial charge in [-0.15, -0.1) is 22.7 Å². The number of halogens is 1. The van der Waals surface area contributed by atoms with Crippen molar-refractivity contribution in [1.29, 1.82) is 0 Å². The third kappa shape index (κ3) is 4.00. The van der Waals surface area contributed by atoms with E-state index in [1.165, 1.54) is 17.4 Å². The van der Waals surface area contributed by atoms with E-state index in [1.54, 1.807) is 17.0 Å². The fourth-order valence-corrected chi connectivity index (χ4v) is 3.99. The zero-order valence-electron chi connectivity index (χ0n) is 9.50. The monoisotopic (exact) mass is 336 g/mol. The predicted octanol–water partition coefficient (Wildman–Crippen LogP) is 2.10. The average Bonchev–Trinajstić information content (AvgIpc) is 2.99. The molecule has 1 amide bonds. The zero-order chi connectivity index (χ0) is 13.9. The van der Waals surface area contributed by atoms with Gasteiger partial charge in [-0.1, -0.05) is 0 Å². The summed E-state index contributed by atoms with van der Waals surface area (Å²) in [6.45, 7) is 0.415. The molecule has 0 saturated carbocycles. The van der Waals surface area contributed by atoms with Gasteiger partial charge < -0.3 is 5.32 Å². The molecule has 0 spiro atoms. The molecule has 9 heteroatoms. The third-order valence-corrected chi connectivity index (χ3v) is 6.02. The van der Waals surface area contributed by atoms with Crippen LogP contribution in [0.1, 0.15) is 15.4 Å². The summed E-state index contributed by atoms with van der Waals surface area (Å²) < 4.78 is 22.3. The molecule has 19 heavy (non-hydrogen) atoms. The molecule has 0 aliphatic carbocycles. The lowest BCUT2D eigenvalue weighted by Crippen LogP contribution is -2.25. The Bertz CT molecular complexity index is 664. The molecule has 0 fully saturated rings. The van der Waals surface area contributed by atoms with Crippen molar-refractivity contribution in [3.8, 4) is 0 Å². The van der Waals surface area contributed by atoms with Gasteiger partial charge in [-0.25, -0.2) is 13.4 Å². The summed E-state index contributed by atoms with van der Waals surface area (Å²) in [6.07, 6.45) is 0.549. The van der Waals surface area contributed by atoms with Gasteiger partial charge in [0.25, 0.3) is 15.0 Å². The van der Waals surface area contributed by atoms with E-state index in [1.807, 2.05) is 0 Å². The molecular weight excluding hydrogens is 328 g/mol. The summed E-state index contributed by atoms with van der Waals surface area (Å²) in [4.78, 5) is 16.3. The van der Waals surface area contributed by atoms with Crippen molar-refractivity contribution in [3.63, 3.8) is 0 Å². The molecule has 102 valence electrons. The van der Waals surface area contributed by atoms with Crippen LogP contribution in [0.5, 0.6) is 0 Å². The van der Waals surface area contributed by atoms with Gasteiger partial charge in [0.1, 0.15) is 9.90 Å². The van der Waals surface area contributed by atoms with Gasteiger partial charge in [-0.2, -0.15) is 0 Å². The maximum Gasteiger partial charge on any atom is 0.270 e. The van der Waals surface area contributed by atoms with Crippen molar-refractivity contribution in [2.75, 3.05) is 6.54 Å². The molecule has 0 aromatic carbocycles. The number of thiazole rings is 1. The summed E-state index contributed by atoms with van der Waals surface area (Å²) in [7, 11) is 1.57. The molecule has 0 atom stereocenters. The van der Waals surface area contributed by atoms with E-state index < -0.39 is 9.05 Å². The van der Waals surface area contributed by atoms with E-state index >= 15 is 0 Å². The summed E-state index contributed by atoms with van der Waals surface area (Å²) in [5.41, 5.74) is 1.98. The smallest absolute Gasteiger partial charge is 0.270 e. The molecule has 0 bridgehead atoms. The van der Waals surface area contributed by atoms with Crippen molar-refractivity contribution in [3.05, 3.63) is 33.6 Å². The number of nitrogens with zero attached hydrogens (tertiary/aromatic N) is 1. The molecule has 2 rings (SSSR count). The minimum absolute atomic E-state index is 0.120. The second-order valence-corrected chi connectivity index (χ2v) is 8.22. The topological polar surface area (TPSA) is 76.1 Å². The summed E-state index contributed by atoms with van der Waals surface area (Å²) in [6, 6.07) is 3.15. The van der Waals surface area contributed by atoms with Gasteiger partial charge in [0.2, 0.25) is 0 Å². The minimum Gasteiger partial charge on any atom is -0.350 e. The highest BCUT2D eigenvalue weighted by Crippen LogP contribution is 2.24. The summed E-state index contributed by atoms with van der Waals surface area (Å²) in [5.74, 6) is -0.233. The summed E-state index contributed by atoms with van der Waals surface area (Å²) in [5, 5.41) is 4.38. The molecule has 0 aliphatic heterocycles. The van der Waals surface area contributed by atoms with Gasteiger partial charge in [-0.05, 0) is 18.6 Å². The molecule has 0 aliphatic rings. The molecule has 5 nitrogen and oxygen atoms in total. The van der Waals surface area contributed by atoms with Crippen LogP contribution in [0.25, 0.3) is 0 Å². The summed E-state index contributed by atoms with van der Waals surface area (Å²) >= 11 is 2.46. The predicted molar refractivity (Wildman–Crippen MR) is 75.5 cm³/mol. The van der Waals surface area contributed by atoms with Crippen LogP contribution < -0.4 is 5.32 Å². The zero-order valence-corrected chi connectivity index (χ0v) is 12.7. The van der Waals surface area contributed by atoms with Crippen molar-refractivity contribution in [1.82, 2.24) is 10.3 Å². The first-order chi connectivity index (χ1) is 8.97. The van der Waals surface area contributed by atoms with Gasteiger partial charge >= 0.3 is 0 Å². The van der Waals surface area contributed by atoms with Gasteiger partial charge in [0.05, 0.1) is 5.51 Å². The van der Waals surface area contributed by atoms with E-state index in [2.05, 4.69) is 10.3 Å². The van der Waals surface area contributed by atoms with Crippen LogP contribution in [-0.2, 0) is 15.5 Å². The van der Waals surface area contributed by atoms with Gasteiger partial charge in [-0.3, -0.25) is 4.79 Å². The fraction of sp³-hybridized carbons (Fsp3) is 0.200. The van der Waals surface area contributed by atoms with Crippen molar-refractivity contribution < 1.29 is 13.2 Å². The first-order valence-electron chi connectivity index (χ1n) is 5.16. The molecule has 0 unspecified atom stereocenters. The Morgan fingerprint density at radius 2 is 2.21 bits per heavy atom. The number of carbonyl (C=O) groups is 1. The minimum atomic E-state index is -3.66. The maximum absolute atomic E-state index is 11.6. The highest BCUT2D eigenvalue weighted by atomic mass is 35.7. The number of nitrogens with one attached hydrogen (secondary N) is 1. The third-order valence-electron chi connectivity index (χ3n) is 2.20. The normalized spacial score (nSPS) is 11.4. The number of rotatable bonds is 5. The van der Waals surface area contributed by atoms with Crippen LogP contribution in [-0.4, -0.2) is 25.9 Å². The molecule has 2 aromatic rings. The maximum atomic E-state index is 11.6. The fourth-order valence-electron chi connectivity index (χ4n) is 1.34. The molecule has 0 radical (unpaired) electrons. The largest absolute Gasteiger partial charge is 0.350 e. The van der Waals surface area contributed by atoms with Crippen LogP contribution in [0.3, 0.4) is 0 Å².